The van der Waals surface area contributed by atoms with Crippen LogP contribution in [0.15, 0.2) is 18.2 Å². The van der Waals surface area contributed by atoms with Gasteiger partial charge in [-0.05, 0) is 29.8 Å². The van der Waals surface area contributed by atoms with E-state index in [4.69, 9.17) is 12.2 Å². The van der Waals surface area contributed by atoms with Crippen LogP contribution in [0.4, 0.5) is 0 Å². The Morgan fingerprint density at radius 1 is 1.53 bits per heavy atom. The van der Waals surface area contributed by atoms with Crippen LogP contribution in [-0.4, -0.2) is 19.5 Å². The maximum Gasteiger partial charge on any atom is 0.106 e. The molecule has 0 fully saturated rings. The molecule has 0 spiro atoms. The van der Waals surface area contributed by atoms with Crippen molar-refractivity contribution in [2.45, 2.75) is 13.3 Å². The maximum atomic E-state index is 5.39. The summed E-state index contributed by atoms with van der Waals surface area (Å²) in [5.74, 6) is 1.07. The molecule has 0 bridgehead atoms. The van der Waals surface area contributed by atoms with Gasteiger partial charge in [0, 0.05) is 5.56 Å². The number of thioether (sulfide) groups is 1. The van der Waals surface area contributed by atoms with Crippen molar-refractivity contribution in [1.82, 2.24) is 9.59 Å². The van der Waals surface area contributed by atoms with Crippen LogP contribution < -0.4 is 0 Å². The van der Waals surface area contributed by atoms with E-state index < -0.39 is 0 Å². The molecule has 1 aromatic carbocycles. The predicted molar refractivity (Wildman–Crippen MR) is 71.9 cm³/mol. The standard InChI is InChI=1S/C10H10N2S3/c1-2-6-14-10(13)7-4-3-5-8-9(7)15-12-11-8/h3-5H,2,6H2,1H3. The highest BCUT2D eigenvalue weighted by atomic mass is 32.2. The van der Waals surface area contributed by atoms with Crippen LogP contribution in [0.2, 0.25) is 0 Å². The monoisotopic (exact) mass is 254 g/mol. The average Bonchev–Trinajstić information content (AvgIpc) is 2.73. The van der Waals surface area contributed by atoms with Crippen LogP contribution in [0.25, 0.3) is 10.2 Å². The molecule has 15 heavy (non-hydrogen) atoms. The van der Waals surface area contributed by atoms with Gasteiger partial charge in [0.2, 0.25) is 0 Å². The molecule has 0 aliphatic heterocycles. The quantitative estimate of drug-likeness (QED) is 0.783. The summed E-state index contributed by atoms with van der Waals surface area (Å²) in [4.78, 5) is 0. The number of aromatic nitrogens is 2. The van der Waals surface area contributed by atoms with E-state index in [-0.39, 0.29) is 0 Å². The summed E-state index contributed by atoms with van der Waals surface area (Å²) in [6, 6.07) is 6.00. The Labute approximate surface area is 102 Å². The van der Waals surface area contributed by atoms with E-state index in [0.717, 1.165) is 32.2 Å². The van der Waals surface area contributed by atoms with E-state index in [9.17, 15) is 0 Å². The van der Waals surface area contributed by atoms with Crippen molar-refractivity contribution >= 4 is 49.9 Å². The maximum absolute atomic E-state index is 5.39. The topological polar surface area (TPSA) is 25.8 Å². The molecular formula is C10H10N2S3. The summed E-state index contributed by atoms with van der Waals surface area (Å²) in [6.45, 7) is 2.16. The number of benzene rings is 1. The van der Waals surface area contributed by atoms with E-state index in [2.05, 4.69) is 16.5 Å². The highest BCUT2D eigenvalue weighted by Gasteiger charge is 2.08. The zero-order valence-corrected chi connectivity index (χ0v) is 10.7. The van der Waals surface area contributed by atoms with Gasteiger partial charge in [-0.1, -0.05) is 35.8 Å². The van der Waals surface area contributed by atoms with Crippen LogP contribution in [-0.2, 0) is 0 Å². The number of nitrogens with zero attached hydrogens (tertiary/aromatic N) is 2. The van der Waals surface area contributed by atoms with Gasteiger partial charge in [0.1, 0.15) is 5.52 Å². The Bertz CT molecular complexity index is 478. The van der Waals surface area contributed by atoms with E-state index in [1.54, 1.807) is 11.8 Å². The molecule has 2 aromatic rings. The summed E-state index contributed by atoms with van der Waals surface area (Å²) >= 11 is 8.54. The zero-order valence-electron chi connectivity index (χ0n) is 8.27. The highest BCUT2D eigenvalue weighted by Crippen LogP contribution is 2.25. The SMILES string of the molecule is CCCSC(=S)c1cccc2nnsc12. The van der Waals surface area contributed by atoms with E-state index >= 15 is 0 Å². The van der Waals surface area contributed by atoms with Crippen LogP contribution in [0, 0.1) is 0 Å². The minimum absolute atomic E-state index is 0.942. The minimum atomic E-state index is 0.942. The third-order valence-corrected chi connectivity index (χ3v) is 4.37. The van der Waals surface area contributed by atoms with Gasteiger partial charge in [-0.2, -0.15) is 0 Å². The number of thiocarbonyl (C=S) groups is 1. The van der Waals surface area contributed by atoms with Crippen molar-refractivity contribution < 1.29 is 0 Å². The first-order chi connectivity index (χ1) is 7.33. The molecular weight excluding hydrogens is 244 g/mol. The Hall–Kier alpha value is -0.520. The molecule has 1 heterocycles. The number of hydrogen-bond donors (Lipinski definition) is 0. The molecule has 0 aliphatic carbocycles. The van der Waals surface area contributed by atoms with E-state index in [1.807, 2.05) is 18.2 Å². The number of rotatable bonds is 3. The molecule has 0 saturated carbocycles. The van der Waals surface area contributed by atoms with Crippen LogP contribution in [0.1, 0.15) is 18.9 Å². The van der Waals surface area contributed by atoms with E-state index in [0.29, 0.717) is 0 Å². The molecule has 2 rings (SSSR count). The first kappa shape index (κ1) is 11.0. The summed E-state index contributed by atoms with van der Waals surface area (Å²) in [7, 11) is 0. The lowest BCUT2D eigenvalue weighted by molar-refractivity contribution is 1.11. The second-order valence-corrected chi connectivity index (χ2v) is 5.59. The van der Waals surface area contributed by atoms with Crippen LogP contribution in [0.5, 0.6) is 0 Å². The molecule has 0 unspecified atom stereocenters. The van der Waals surface area contributed by atoms with Crippen molar-refractivity contribution in [2.24, 2.45) is 0 Å². The fourth-order valence-electron chi connectivity index (χ4n) is 1.24. The summed E-state index contributed by atoms with van der Waals surface area (Å²) < 4.78 is 6.00. The summed E-state index contributed by atoms with van der Waals surface area (Å²) in [6.07, 6.45) is 1.14. The molecule has 1 aromatic heterocycles. The van der Waals surface area contributed by atoms with Gasteiger partial charge in [0.05, 0.1) is 8.90 Å². The van der Waals surface area contributed by atoms with Crippen molar-refractivity contribution in [3.63, 3.8) is 0 Å². The van der Waals surface area contributed by atoms with Gasteiger partial charge in [-0.3, -0.25) is 0 Å². The van der Waals surface area contributed by atoms with Crippen LogP contribution >= 0.6 is 35.5 Å². The van der Waals surface area contributed by atoms with Crippen molar-refractivity contribution in [2.75, 3.05) is 5.75 Å². The van der Waals surface area contributed by atoms with Crippen molar-refractivity contribution in [3.05, 3.63) is 23.8 Å². The number of hydrogen-bond acceptors (Lipinski definition) is 5. The fourth-order valence-corrected chi connectivity index (χ4v) is 3.18. The molecule has 0 amide bonds. The molecule has 0 N–H and O–H groups in total. The van der Waals surface area contributed by atoms with Crippen LogP contribution in [0.3, 0.4) is 0 Å². The normalized spacial score (nSPS) is 10.7. The summed E-state index contributed by atoms with van der Waals surface area (Å²) in [5.41, 5.74) is 2.05. The van der Waals surface area contributed by atoms with Gasteiger partial charge < -0.3 is 0 Å². The Morgan fingerprint density at radius 2 is 2.40 bits per heavy atom. The second kappa shape index (κ2) is 5.01. The van der Waals surface area contributed by atoms with Crippen molar-refractivity contribution in [1.29, 1.82) is 0 Å². The lowest BCUT2D eigenvalue weighted by Crippen LogP contribution is -1.93. The highest BCUT2D eigenvalue weighted by molar-refractivity contribution is 8.23. The molecule has 0 aliphatic rings. The lowest BCUT2D eigenvalue weighted by Gasteiger charge is -2.02. The Kier molecular flexibility index (Phi) is 3.66. The average molecular weight is 254 g/mol. The molecule has 2 nitrogen and oxygen atoms in total. The first-order valence-electron chi connectivity index (χ1n) is 4.71. The molecule has 5 heteroatoms. The smallest absolute Gasteiger partial charge is 0.106 e. The fraction of sp³-hybridized carbons (Fsp3) is 0.300. The third-order valence-electron chi connectivity index (χ3n) is 1.93. The lowest BCUT2D eigenvalue weighted by atomic mass is 10.2. The van der Waals surface area contributed by atoms with Gasteiger partial charge in [-0.15, -0.1) is 16.9 Å². The van der Waals surface area contributed by atoms with E-state index in [1.165, 1.54) is 11.5 Å². The second-order valence-electron chi connectivity index (χ2n) is 3.06. The van der Waals surface area contributed by atoms with Crippen molar-refractivity contribution in [3.8, 4) is 0 Å². The minimum Gasteiger partial charge on any atom is -0.138 e. The largest absolute Gasteiger partial charge is 0.138 e. The van der Waals surface area contributed by atoms with Gasteiger partial charge >= 0.3 is 0 Å². The first-order valence-corrected chi connectivity index (χ1v) is 6.88. The van der Waals surface area contributed by atoms with Gasteiger partial charge in [-0.25, -0.2) is 0 Å². The zero-order chi connectivity index (χ0) is 10.7. The van der Waals surface area contributed by atoms with Gasteiger partial charge in [0.25, 0.3) is 0 Å². The number of fused-ring (bicyclic) bond motifs is 1. The van der Waals surface area contributed by atoms with Gasteiger partial charge in [0.15, 0.2) is 0 Å². The third kappa shape index (κ3) is 2.35. The molecule has 78 valence electrons. The molecule has 0 saturated heterocycles. The molecule has 0 atom stereocenters. The molecule has 0 radical (unpaired) electrons. The summed E-state index contributed by atoms with van der Waals surface area (Å²) in [5, 5.41) is 4.04. The Morgan fingerprint density at radius 3 is 3.20 bits per heavy atom. The predicted octanol–water partition coefficient (Wildman–Crippen LogP) is 3.51. The Balaban J connectivity index is 2.34.